The summed E-state index contributed by atoms with van der Waals surface area (Å²) in [5, 5.41) is 16.8. The first kappa shape index (κ1) is 26.4. The highest BCUT2D eigenvalue weighted by Gasteiger charge is 2.09. The summed E-state index contributed by atoms with van der Waals surface area (Å²) >= 11 is 0. The molecule has 0 amide bonds. The van der Waals surface area contributed by atoms with Crippen molar-refractivity contribution in [2.24, 2.45) is 4.99 Å². The van der Waals surface area contributed by atoms with Crippen LogP contribution in [0.2, 0.25) is 0 Å². The fourth-order valence-corrected chi connectivity index (χ4v) is 2.40. The molecule has 0 aliphatic carbocycles. The Morgan fingerprint density at radius 2 is 2.00 bits per heavy atom. The number of methoxy groups -OCH3 is 1. The SMILES string of the molecule is CCNC(=NCC(O)c1cccc(OC(C)C)c1)NCCCCC(=O)OC.I. The summed E-state index contributed by atoms with van der Waals surface area (Å²) in [4.78, 5) is 15.5. The molecule has 0 heterocycles. The van der Waals surface area contributed by atoms with Gasteiger partial charge in [0.1, 0.15) is 5.75 Å². The number of aliphatic hydroxyl groups excluding tert-OH is 1. The summed E-state index contributed by atoms with van der Waals surface area (Å²) in [5.41, 5.74) is 0.769. The number of benzene rings is 1. The third-order valence-corrected chi connectivity index (χ3v) is 3.71. The lowest BCUT2D eigenvalue weighted by Gasteiger charge is -2.15. The highest BCUT2D eigenvalue weighted by molar-refractivity contribution is 14.0. The molecule has 1 atom stereocenters. The van der Waals surface area contributed by atoms with Gasteiger partial charge in [0, 0.05) is 19.5 Å². The summed E-state index contributed by atoms with van der Waals surface area (Å²) < 4.78 is 10.3. The van der Waals surface area contributed by atoms with Crippen molar-refractivity contribution in [3.8, 4) is 5.75 Å². The molecule has 0 saturated carbocycles. The average Bonchev–Trinajstić information content (AvgIpc) is 2.64. The summed E-state index contributed by atoms with van der Waals surface area (Å²) in [6.07, 6.45) is 1.37. The summed E-state index contributed by atoms with van der Waals surface area (Å²) in [6, 6.07) is 7.44. The number of nitrogens with one attached hydrogen (secondary N) is 2. The van der Waals surface area contributed by atoms with Crippen molar-refractivity contribution in [1.82, 2.24) is 10.6 Å². The first-order chi connectivity index (χ1) is 13.0. The lowest BCUT2D eigenvalue weighted by molar-refractivity contribution is -0.140. The minimum Gasteiger partial charge on any atom is -0.491 e. The van der Waals surface area contributed by atoms with Gasteiger partial charge in [-0.1, -0.05) is 12.1 Å². The highest BCUT2D eigenvalue weighted by atomic mass is 127. The Balaban J connectivity index is 0.00000729. The van der Waals surface area contributed by atoms with Gasteiger partial charge in [-0.05, 0) is 51.3 Å². The van der Waals surface area contributed by atoms with Gasteiger partial charge >= 0.3 is 5.97 Å². The molecule has 0 bridgehead atoms. The van der Waals surface area contributed by atoms with E-state index in [0.717, 1.165) is 30.7 Å². The summed E-state index contributed by atoms with van der Waals surface area (Å²) in [5.74, 6) is 1.19. The smallest absolute Gasteiger partial charge is 0.305 e. The molecule has 160 valence electrons. The number of hydrogen-bond acceptors (Lipinski definition) is 5. The number of hydrogen-bond donors (Lipinski definition) is 3. The number of guanidine groups is 1. The van der Waals surface area contributed by atoms with Gasteiger partial charge in [-0.25, -0.2) is 0 Å². The van der Waals surface area contributed by atoms with Gasteiger partial charge in [0.25, 0.3) is 0 Å². The Bertz CT molecular complexity index is 597. The second kappa shape index (κ2) is 15.4. The van der Waals surface area contributed by atoms with Crippen molar-refractivity contribution in [3.05, 3.63) is 29.8 Å². The van der Waals surface area contributed by atoms with Gasteiger partial charge in [0.2, 0.25) is 0 Å². The van der Waals surface area contributed by atoms with Gasteiger partial charge in [0.05, 0.1) is 25.9 Å². The van der Waals surface area contributed by atoms with E-state index in [0.29, 0.717) is 18.9 Å². The van der Waals surface area contributed by atoms with E-state index in [2.05, 4.69) is 20.4 Å². The number of ether oxygens (including phenoxy) is 2. The van der Waals surface area contributed by atoms with Crippen LogP contribution < -0.4 is 15.4 Å². The van der Waals surface area contributed by atoms with Crippen molar-refractivity contribution in [1.29, 1.82) is 0 Å². The standard InChI is InChI=1S/C20H33N3O4.HI/c1-5-21-20(22-12-7-6-11-19(25)26-4)23-14-18(24)16-9-8-10-17(13-16)27-15(2)3;/h8-10,13,15,18,24H,5-7,11-12,14H2,1-4H3,(H2,21,22,23);1H. The fourth-order valence-electron chi connectivity index (χ4n) is 2.40. The molecule has 0 fully saturated rings. The predicted octanol–water partition coefficient (Wildman–Crippen LogP) is 3.02. The lowest BCUT2D eigenvalue weighted by atomic mass is 10.1. The maximum atomic E-state index is 11.1. The van der Waals surface area contributed by atoms with Gasteiger partial charge in [-0.3, -0.25) is 9.79 Å². The van der Waals surface area contributed by atoms with Gasteiger partial charge < -0.3 is 25.2 Å². The van der Waals surface area contributed by atoms with E-state index in [4.69, 9.17) is 4.74 Å². The molecule has 7 nitrogen and oxygen atoms in total. The number of nitrogens with zero attached hydrogens (tertiary/aromatic N) is 1. The average molecular weight is 507 g/mol. The molecule has 0 aromatic heterocycles. The van der Waals surface area contributed by atoms with Crippen molar-refractivity contribution < 1.29 is 19.4 Å². The van der Waals surface area contributed by atoms with E-state index in [-0.39, 0.29) is 42.6 Å². The third-order valence-electron chi connectivity index (χ3n) is 3.71. The van der Waals surface area contributed by atoms with Crippen LogP contribution in [-0.4, -0.2) is 49.9 Å². The molecule has 1 aromatic rings. The fraction of sp³-hybridized carbons (Fsp3) is 0.600. The van der Waals surface area contributed by atoms with Crippen LogP contribution in [0.4, 0.5) is 0 Å². The first-order valence-corrected chi connectivity index (χ1v) is 9.50. The molecule has 1 rings (SSSR count). The zero-order valence-electron chi connectivity index (χ0n) is 17.2. The molecular weight excluding hydrogens is 473 g/mol. The molecule has 1 aromatic carbocycles. The number of carbonyl (C=O) groups excluding carboxylic acids is 1. The third kappa shape index (κ3) is 11.3. The van der Waals surface area contributed by atoms with Crippen LogP contribution in [0.5, 0.6) is 5.75 Å². The molecule has 1 unspecified atom stereocenters. The Morgan fingerprint density at radius 3 is 2.64 bits per heavy atom. The largest absolute Gasteiger partial charge is 0.491 e. The van der Waals surface area contributed by atoms with Crippen LogP contribution in [0, 0.1) is 0 Å². The molecule has 0 aliphatic rings. The second-order valence-corrected chi connectivity index (χ2v) is 6.43. The van der Waals surface area contributed by atoms with Crippen molar-refractivity contribution in [2.45, 2.75) is 52.2 Å². The summed E-state index contributed by atoms with van der Waals surface area (Å²) in [7, 11) is 1.40. The normalized spacial score (nSPS) is 12.1. The molecule has 3 N–H and O–H groups in total. The van der Waals surface area contributed by atoms with E-state index in [1.165, 1.54) is 7.11 Å². The maximum Gasteiger partial charge on any atom is 0.305 e. The van der Waals surface area contributed by atoms with E-state index < -0.39 is 6.10 Å². The molecule has 0 spiro atoms. The highest BCUT2D eigenvalue weighted by Crippen LogP contribution is 2.20. The molecule has 0 saturated heterocycles. The van der Waals surface area contributed by atoms with Gasteiger partial charge in [-0.15, -0.1) is 24.0 Å². The zero-order chi connectivity index (χ0) is 20.1. The zero-order valence-corrected chi connectivity index (χ0v) is 19.6. The van der Waals surface area contributed by atoms with Crippen molar-refractivity contribution >= 4 is 35.9 Å². The van der Waals surface area contributed by atoms with Crippen LogP contribution in [0.15, 0.2) is 29.3 Å². The van der Waals surface area contributed by atoms with E-state index >= 15 is 0 Å². The molecule has 0 radical (unpaired) electrons. The molecule has 28 heavy (non-hydrogen) atoms. The minimum absolute atomic E-state index is 0. The Labute approximate surface area is 185 Å². The predicted molar refractivity (Wildman–Crippen MR) is 122 cm³/mol. The Kier molecular flexibility index (Phi) is 14.5. The van der Waals surface area contributed by atoms with Crippen LogP contribution in [0.1, 0.15) is 51.7 Å². The number of esters is 1. The number of carbonyl (C=O) groups is 1. The number of aliphatic hydroxyl groups is 1. The van der Waals surface area contributed by atoms with Crippen molar-refractivity contribution in [3.63, 3.8) is 0 Å². The summed E-state index contributed by atoms with van der Waals surface area (Å²) in [6.45, 7) is 7.57. The van der Waals surface area contributed by atoms with Gasteiger partial charge in [-0.2, -0.15) is 0 Å². The van der Waals surface area contributed by atoms with E-state index in [1.54, 1.807) is 0 Å². The van der Waals surface area contributed by atoms with Crippen LogP contribution in [-0.2, 0) is 9.53 Å². The quantitative estimate of drug-likeness (QED) is 0.140. The minimum atomic E-state index is -0.713. The monoisotopic (exact) mass is 507 g/mol. The second-order valence-electron chi connectivity index (χ2n) is 6.43. The molecular formula is C20H34IN3O4. The Morgan fingerprint density at radius 1 is 1.25 bits per heavy atom. The molecule has 0 aliphatic heterocycles. The van der Waals surface area contributed by atoms with Crippen LogP contribution in [0.3, 0.4) is 0 Å². The number of aliphatic imine (C=N–C) groups is 1. The van der Waals surface area contributed by atoms with Gasteiger partial charge in [0.15, 0.2) is 5.96 Å². The molecule has 8 heteroatoms. The topological polar surface area (TPSA) is 92.2 Å². The Hall–Kier alpha value is -1.55. The lowest BCUT2D eigenvalue weighted by Crippen LogP contribution is -2.38. The van der Waals surface area contributed by atoms with E-state index in [1.807, 2.05) is 45.0 Å². The maximum absolute atomic E-state index is 11.1. The van der Waals surface area contributed by atoms with Crippen LogP contribution >= 0.6 is 24.0 Å². The number of halogens is 1. The van der Waals surface area contributed by atoms with E-state index in [9.17, 15) is 9.90 Å². The van der Waals surface area contributed by atoms with Crippen LogP contribution in [0.25, 0.3) is 0 Å². The van der Waals surface area contributed by atoms with Crippen molar-refractivity contribution in [2.75, 3.05) is 26.7 Å². The first-order valence-electron chi connectivity index (χ1n) is 9.50. The number of unbranched alkanes of at least 4 members (excludes halogenated alkanes) is 1. The number of rotatable bonds is 11.